The lowest BCUT2D eigenvalue weighted by molar-refractivity contribution is -0.120. The van der Waals surface area contributed by atoms with Crippen molar-refractivity contribution in [3.05, 3.63) is 59.9 Å². The Labute approximate surface area is 141 Å². The van der Waals surface area contributed by atoms with Gasteiger partial charge in [-0.25, -0.2) is 0 Å². The fraction of sp³-hybridized carbons (Fsp3) is 0.278. The average molecular weight is 327 g/mol. The Hall–Kier alpha value is -2.89. The fourth-order valence-corrected chi connectivity index (χ4v) is 2.13. The minimum absolute atomic E-state index is 0.0940. The summed E-state index contributed by atoms with van der Waals surface area (Å²) in [5.41, 5.74) is 1.24. The van der Waals surface area contributed by atoms with Gasteiger partial charge in [-0.15, -0.1) is 0 Å². The SMILES string of the molecule is CCOc1ccc(C(=O)NCC(=O)NC(C)c2ccccn2)cc1. The van der Waals surface area contributed by atoms with Crippen LogP contribution >= 0.6 is 0 Å². The summed E-state index contributed by atoms with van der Waals surface area (Å²) in [6.45, 7) is 4.21. The predicted octanol–water partition coefficient (Wildman–Crippen LogP) is 2.09. The van der Waals surface area contributed by atoms with Crippen LogP contribution in [0.1, 0.15) is 35.9 Å². The molecule has 0 spiro atoms. The molecule has 2 N–H and O–H groups in total. The largest absolute Gasteiger partial charge is 0.494 e. The monoisotopic (exact) mass is 327 g/mol. The number of nitrogens with zero attached hydrogens (tertiary/aromatic N) is 1. The van der Waals surface area contributed by atoms with Gasteiger partial charge < -0.3 is 15.4 Å². The molecule has 0 radical (unpaired) electrons. The fourth-order valence-electron chi connectivity index (χ4n) is 2.13. The van der Waals surface area contributed by atoms with Gasteiger partial charge in [0.05, 0.1) is 24.9 Å². The molecule has 1 heterocycles. The van der Waals surface area contributed by atoms with Crippen molar-refractivity contribution < 1.29 is 14.3 Å². The molecule has 6 heteroatoms. The van der Waals surface area contributed by atoms with Crippen LogP contribution in [-0.4, -0.2) is 29.9 Å². The highest BCUT2D eigenvalue weighted by Crippen LogP contribution is 2.12. The molecule has 2 aromatic rings. The Kier molecular flexibility index (Phi) is 6.31. The normalized spacial score (nSPS) is 11.4. The maximum Gasteiger partial charge on any atom is 0.251 e. The third-order valence-corrected chi connectivity index (χ3v) is 3.35. The Morgan fingerprint density at radius 2 is 1.92 bits per heavy atom. The quantitative estimate of drug-likeness (QED) is 0.816. The molecule has 24 heavy (non-hydrogen) atoms. The first kappa shape index (κ1) is 17.5. The van der Waals surface area contributed by atoms with Crippen LogP contribution in [-0.2, 0) is 4.79 Å². The summed E-state index contributed by atoms with van der Waals surface area (Å²) in [5, 5.41) is 5.39. The van der Waals surface area contributed by atoms with Gasteiger partial charge in [-0.3, -0.25) is 14.6 Å². The molecule has 0 aliphatic rings. The van der Waals surface area contributed by atoms with Gasteiger partial charge in [-0.2, -0.15) is 0 Å². The molecule has 0 aliphatic heterocycles. The third-order valence-electron chi connectivity index (χ3n) is 3.35. The second kappa shape index (κ2) is 8.67. The van der Waals surface area contributed by atoms with E-state index in [0.717, 1.165) is 5.69 Å². The minimum Gasteiger partial charge on any atom is -0.494 e. The van der Waals surface area contributed by atoms with Crippen molar-refractivity contribution >= 4 is 11.8 Å². The van der Waals surface area contributed by atoms with Crippen LogP contribution in [0, 0.1) is 0 Å². The van der Waals surface area contributed by atoms with Crippen LogP contribution in [0.25, 0.3) is 0 Å². The lowest BCUT2D eigenvalue weighted by atomic mass is 10.2. The first-order chi connectivity index (χ1) is 11.6. The Morgan fingerprint density at radius 3 is 2.54 bits per heavy atom. The summed E-state index contributed by atoms with van der Waals surface area (Å²) in [5.74, 6) is 0.127. The molecular weight excluding hydrogens is 306 g/mol. The topological polar surface area (TPSA) is 80.3 Å². The van der Waals surface area contributed by atoms with Gasteiger partial charge >= 0.3 is 0 Å². The van der Waals surface area contributed by atoms with E-state index in [0.29, 0.717) is 17.9 Å². The zero-order valence-corrected chi connectivity index (χ0v) is 13.8. The van der Waals surface area contributed by atoms with E-state index < -0.39 is 0 Å². The number of amides is 2. The molecule has 6 nitrogen and oxygen atoms in total. The van der Waals surface area contributed by atoms with Crippen molar-refractivity contribution in [2.45, 2.75) is 19.9 Å². The standard InChI is InChI=1S/C18H21N3O3/c1-3-24-15-9-7-14(8-10-15)18(23)20-12-17(22)21-13(2)16-6-4-5-11-19-16/h4-11,13H,3,12H2,1-2H3,(H,20,23)(H,21,22). The van der Waals surface area contributed by atoms with E-state index in [1.165, 1.54) is 0 Å². The molecule has 1 unspecified atom stereocenters. The zero-order valence-electron chi connectivity index (χ0n) is 13.8. The second-order valence-corrected chi connectivity index (χ2v) is 5.18. The number of ether oxygens (including phenoxy) is 1. The molecule has 1 aromatic carbocycles. The van der Waals surface area contributed by atoms with Gasteiger partial charge in [0.15, 0.2) is 0 Å². The number of hydrogen-bond donors (Lipinski definition) is 2. The number of pyridine rings is 1. The molecule has 0 fully saturated rings. The lowest BCUT2D eigenvalue weighted by Crippen LogP contribution is -2.38. The number of aromatic nitrogens is 1. The van der Waals surface area contributed by atoms with Gasteiger partial charge in [0, 0.05) is 11.8 Å². The van der Waals surface area contributed by atoms with E-state index >= 15 is 0 Å². The van der Waals surface area contributed by atoms with Crippen molar-refractivity contribution in [3.8, 4) is 5.75 Å². The summed E-state index contributed by atoms with van der Waals surface area (Å²) in [6, 6.07) is 12.1. The predicted molar refractivity (Wildman–Crippen MR) is 90.7 cm³/mol. The molecule has 0 aliphatic carbocycles. The summed E-state index contributed by atoms with van der Waals surface area (Å²) in [6.07, 6.45) is 1.67. The van der Waals surface area contributed by atoms with Crippen LogP contribution in [0.4, 0.5) is 0 Å². The highest BCUT2D eigenvalue weighted by molar-refractivity contribution is 5.96. The molecule has 2 amide bonds. The third kappa shape index (κ3) is 5.08. The number of hydrogen-bond acceptors (Lipinski definition) is 4. The van der Waals surface area contributed by atoms with Crippen LogP contribution in [0.3, 0.4) is 0 Å². The Balaban J connectivity index is 1.81. The van der Waals surface area contributed by atoms with Crippen molar-refractivity contribution in [2.75, 3.05) is 13.2 Å². The lowest BCUT2D eigenvalue weighted by Gasteiger charge is -2.13. The van der Waals surface area contributed by atoms with E-state index in [1.54, 1.807) is 30.5 Å². The minimum atomic E-state index is -0.307. The van der Waals surface area contributed by atoms with Gasteiger partial charge in [0.1, 0.15) is 5.75 Å². The Morgan fingerprint density at radius 1 is 1.17 bits per heavy atom. The number of nitrogens with one attached hydrogen (secondary N) is 2. The second-order valence-electron chi connectivity index (χ2n) is 5.18. The molecule has 0 saturated heterocycles. The summed E-state index contributed by atoms with van der Waals surface area (Å²) >= 11 is 0. The highest BCUT2D eigenvalue weighted by Gasteiger charge is 2.12. The molecule has 126 valence electrons. The highest BCUT2D eigenvalue weighted by atomic mass is 16.5. The van der Waals surface area contributed by atoms with Crippen LogP contribution in [0.5, 0.6) is 5.75 Å². The summed E-state index contributed by atoms with van der Waals surface area (Å²) in [7, 11) is 0. The van der Waals surface area contributed by atoms with Crippen molar-refractivity contribution in [3.63, 3.8) is 0 Å². The number of rotatable bonds is 7. The summed E-state index contributed by atoms with van der Waals surface area (Å²) < 4.78 is 5.32. The average Bonchev–Trinajstić information content (AvgIpc) is 2.61. The van der Waals surface area contributed by atoms with Crippen molar-refractivity contribution in [2.24, 2.45) is 0 Å². The van der Waals surface area contributed by atoms with Crippen LogP contribution in [0.2, 0.25) is 0 Å². The maximum atomic E-state index is 12.0. The molecule has 0 saturated carbocycles. The number of carbonyl (C=O) groups is 2. The van der Waals surface area contributed by atoms with Gasteiger partial charge in [0.2, 0.25) is 5.91 Å². The van der Waals surface area contributed by atoms with E-state index in [2.05, 4.69) is 15.6 Å². The number of carbonyl (C=O) groups excluding carboxylic acids is 2. The van der Waals surface area contributed by atoms with Gasteiger partial charge in [0.25, 0.3) is 5.91 Å². The zero-order chi connectivity index (χ0) is 17.4. The molecule has 1 atom stereocenters. The van der Waals surface area contributed by atoms with E-state index in [4.69, 9.17) is 4.74 Å². The summed E-state index contributed by atoms with van der Waals surface area (Å²) in [4.78, 5) is 28.1. The van der Waals surface area contributed by atoms with Crippen molar-refractivity contribution in [1.29, 1.82) is 0 Å². The van der Waals surface area contributed by atoms with E-state index in [1.807, 2.05) is 32.0 Å². The molecular formula is C18H21N3O3. The maximum absolute atomic E-state index is 12.0. The van der Waals surface area contributed by atoms with E-state index in [-0.39, 0.29) is 24.4 Å². The van der Waals surface area contributed by atoms with Crippen molar-refractivity contribution in [1.82, 2.24) is 15.6 Å². The molecule has 1 aromatic heterocycles. The molecule has 2 rings (SSSR count). The van der Waals surface area contributed by atoms with Gasteiger partial charge in [-0.05, 0) is 50.2 Å². The van der Waals surface area contributed by atoms with Crippen LogP contribution < -0.4 is 15.4 Å². The smallest absolute Gasteiger partial charge is 0.251 e. The Bertz CT molecular complexity index is 672. The first-order valence-electron chi connectivity index (χ1n) is 7.81. The van der Waals surface area contributed by atoms with E-state index in [9.17, 15) is 9.59 Å². The van der Waals surface area contributed by atoms with Crippen LogP contribution in [0.15, 0.2) is 48.7 Å². The van der Waals surface area contributed by atoms with Gasteiger partial charge in [-0.1, -0.05) is 6.07 Å². The molecule has 0 bridgehead atoms. The first-order valence-corrected chi connectivity index (χ1v) is 7.81. The number of benzene rings is 1.